The molecule has 1 N–H and O–H groups in total. The van der Waals surface area contributed by atoms with Crippen molar-refractivity contribution in [1.29, 1.82) is 5.26 Å². The Balaban J connectivity index is 2.89. The Morgan fingerprint density at radius 3 is 2.70 bits per heavy atom. The van der Waals surface area contributed by atoms with E-state index < -0.39 is 5.41 Å². The van der Waals surface area contributed by atoms with Crippen molar-refractivity contribution in [2.24, 2.45) is 10.6 Å². The van der Waals surface area contributed by atoms with E-state index in [0.29, 0.717) is 35.8 Å². The van der Waals surface area contributed by atoms with Crippen LogP contribution in [0.4, 0.5) is 0 Å². The molecule has 0 aliphatic rings. The van der Waals surface area contributed by atoms with Crippen LogP contribution in [0, 0.1) is 16.7 Å². The summed E-state index contributed by atoms with van der Waals surface area (Å²) in [5.41, 5.74) is 0.726. The topological polar surface area (TPSA) is 74.8 Å². The van der Waals surface area contributed by atoms with Gasteiger partial charge in [0.15, 0.2) is 0 Å². The Morgan fingerprint density at radius 1 is 1.45 bits per heavy atom. The second-order valence-corrected chi connectivity index (χ2v) is 5.14. The first-order valence-electron chi connectivity index (χ1n) is 6.34. The molecular weight excluding hydrogens is 256 g/mol. The molecule has 0 atom stereocenters. The molecular formula is C15H20N2O3. The number of rotatable bonds is 6. The molecule has 108 valence electrons. The second kappa shape index (κ2) is 6.80. The first-order chi connectivity index (χ1) is 9.43. The normalized spacial score (nSPS) is 11.8. The molecule has 5 heteroatoms. The Labute approximate surface area is 119 Å². The van der Waals surface area contributed by atoms with Crippen LogP contribution in [0.5, 0.6) is 11.5 Å². The van der Waals surface area contributed by atoms with Gasteiger partial charge in [-0.3, -0.25) is 0 Å². The molecule has 0 saturated heterocycles. The van der Waals surface area contributed by atoms with Crippen molar-refractivity contribution in [3.8, 4) is 17.6 Å². The number of benzene rings is 1. The molecule has 20 heavy (non-hydrogen) atoms. The zero-order valence-electron chi connectivity index (χ0n) is 12.3. The lowest BCUT2D eigenvalue weighted by Gasteiger charge is -2.17. The highest BCUT2D eigenvalue weighted by Crippen LogP contribution is 2.27. The largest absolute Gasteiger partial charge is 0.497 e. The van der Waals surface area contributed by atoms with Crippen molar-refractivity contribution >= 4 is 5.71 Å². The number of hydrogen-bond acceptors (Lipinski definition) is 5. The Hall–Kier alpha value is -2.22. The smallest absolute Gasteiger partial charge is 0.132 e. The molecule has 0 fully saturated rings. The average molecular weight is 276 g/mol. The van der Waals surface area contributed by atoms with Crippen LogP contribution in [0.1, 0.15) is 32.8 Å². The second-order valence-electron chi connectivity index (χ2n) is 5.14. The van der Waals surface area contributed by atoms with Crippen molar-refractivity contribution in [2.75, 3.05) is 13.7 Å². The third kappa shape index (κ3) is 4.16. The third-order valence-corrected chi connectivity index (χ3v) is 3.02. The summed E-state index contributed by atoms with van der Waals surface area (Å²) in [6, 6.07) is 7.52. The minimum atomic E-state index is -0.431. The van der Waals surface area contributed by atoms with E-state index in [-0.39, 0.29) is 0 Å². The van der Waals surface area contributed by atoms with Crippen molar-refractivity contribution in [1.82, 2.24) is 0 Å². The summed E-state index contributed by atoms with van der Waals surface area (Å²) < 4.78 is 10.9. The van der Waals surface area contributed by atoms with Gasteiger partial charge in [-0.15, -0.1) is 0 Å². The Kier molecular flexibility index (Phi) is 5.39. The van der Waals surface area contributed by atoms with E-state index in [1.807, 2.05) is 13.8 Å². The van der Waals surface area contributed by atoms with Gasteiger partial charge in [0.2, 0.25) is 0 Å². The summed E-state index contributed by atoms with van der Waals surface area (Å²) in [5.74, 6) is 1.24. The molecule has 0 aliphatic carbocycles. The van der Waals surface area contributed by atoms with Crippen LogP contribution in [0.3, 0.4) is 0 Å². The maximum Gasteiger partial charge on any atom is 0.132 e. The highest BCUT2D eigenvalue weighted by molar-refractivity contribution is 6.00. The fourth-order valence-electron chi connectivity index (χ4n) is 1.57. The van der Waals surface area contributed by atoms with E-state index in [2.05, 4.69) is 11.2 Å². The molecule has 0 unspecified atom stereocenters. The third-order valence-electron chi connectivity index (χ3n) is 3.02. The molecule has 0 bridgehead atoms. The molecule has 0 radical (unpaired) electrons. The van der Waals surface area contributed by atoms with Gasteiger partial charge in [0.1, 0.15) is 11.5 Å². The van der Waals surface area contributed by atoms with Gasteiger partial charge in [0.25, 0.3) is 0 Å². The molecule has 0 aromatic heterocycles. The lowest BCUT2D eigenvalue weighted by atomic mass is 9.92. The zero-order valence-corrected chi connectivity index (χ0v) is 12.3. The van der Waals surface area contributed by atoms with Gasteiger partial charge in [-0.1, -0.05) is 5.16 Å². The van der Waals surface area contributed by atoms with E-state index in [9.17, 15) is 0 Å². The molecule has 1 aromatic carbocycles. The molecule has 0 saturated carbocycles. The highest BCUT2D eigenvalue weighted by atomic mass is 16.5. The summed E-state index contributed by atoms with van der Waals surface area (Å²) in [6.07, 6.45) is 0.607. The van der Waals surface area contributed by atoms with Crippen LogP contribution >= 0.6 is 0 Å². The SMILES string of the molecule is COc1ccc(/C(C)=N/O)c(OCCC(C)(C)C#N)c1. The summed E-state index contributed by atoms with van der Waals surface area (Å²) in [4.78, 5) is 0. The standard InChI is InChI=1S/C15H20N2O3/c1-11(17-18)13-6-5-12(19-4)9-14(13)20-8-7-15(2,3)10-16/h5-6,9,18H,7-8H2,1-4H3/b17-11+. The Morgan fingerprint density at radius 2 is 2.15 bits per heavy atom. The van der Waals surface area contributed by atoms with E-state index >= 15 is 0 Å². The van der Waals surface area contributed by atoms with Crippen molar-refractivity contribution in [2.45, 2.75) is 27.2 Å². The zero-order chi connectivity index (χ0) is 15.2. The number of nitriles is 1. The predicted molar refractivity (Wildman–Crippen MR) is 76.5 cm³/mol. The monoisotopic (exact) mass is 276 g/mol. The summed E-state index contributed by atoms with van der Waals surface area (Å²) in [6.45, 7) is 5.82. The van der Waals surface area contributed by atoms with Crippen molar-refractivity contribution < 1.29 is 14.7 Å². The van der Waals surface area contributed by atoms with Crippen LogP contribution in [-0.2, 0) is 0 Å². The molecule has 0 aliphatic heterocycles. The lowest BCUT2D eigenvalue weighted by molar-refractivity contribution is 0.262. The molecule has 0 heterocycles. The minimum absolute atomic E-state index is 0.402. The van der Waals surface area contributed by atoms with Gasteiger partial charge in [0, 0.05) is 11.6 Å². The summed E-state index contributed by atoms with van der Waals surface area (Å²) in [7, 11) is 1.57. The lowest BCUT2D eigenvalue weighted by Crippen LogP contribution is -2.14. The predicted octanol–water partition coefficient (Wildman–Crippen LogP) is 3.21. The number of methoxy groups -OCH3 is 1. The van der Waals surface area contributed by atoms with Gasteiger partial charge in [-0.2, -0.15) is 5.26 Å². The molecule has 0 amide bonds. The first-order valence-corrected chi connectivity index (χ1v) is 6.34. The number of oxime groups is 1. The van der Waals surface area contributed by atoms with E-state index in [0.717, 1.165) is 0 Å². The maximum atomic E-state index is 8.98. The number of ether oxygens (including phenoxy) is 2. The fourth-order valence-corrected chi connectivity index (χ4v) is 1.57. The van der Waals surface area contributed by atoms with Gasteiger partial charge in [-0.05, 0) is 39.3 Å². The molecule has 5 nitrogen and oxygen atoms in total. The van der Waals surface area contributed by atoms with Crippen LogP contribution in [0.2, 0.25) is 0 Å². The van der Waals surface area contributed by atoms with Crippen LogP contribution < -0.4 is 9.47 Å². The van der Waals surface area contributed by atoms with Crippen LogP contribution in [-0.4, -0.2) is 24.6 Å². The van der Waals surface area contributed by atoms with Crippen molar-refractivity contribution in [3.63, 3.8) is 0 Å². The fraction of sp³-hybridized carbons (Fsp3) is 0.467. The van der Waals surface area contributed by atoms with Gasteiger partial charge in [0.05, 0.1) is 30.9 Å². The molecule has 1 aromatic rings. The van der Waals surface area contributed by atoms with Crippen LogP contribution in [0.25, 0.3) is 0 Å². The van der Waals surface area contributed by atoms with Gasteiger partial charge >= 0.3 is 0 Å². The maximum absolute atomic E-state index is 8.98. The van der Waals surface area contributed by atoms with Crippen molar-refractivity contribution in [3.05, 3.63) is 23.8 Å². The van der Waals surface area contributed by atoms with E-state index in [1.54, 1.807) is 32.2 Å². The number of nitrogens with zero attached hydrogens (tertiary/aromatic N) is 2. The molecule has 1 rings (SSSR count). The van der Waals surface area contributed by atoms with Crippen LogP contribution in [0.15, 0.2) is 23.4 Å². The summed E-state index contributed by atoms with van der Waals surface area (Å²) in [5, 5.41) is 21.1. The first kappa shape index (κ1) is 15.8. The Bertz CT molecular complexity index is 530. The number of hydrogen-bond donors (Lipinski definition) is 1. The van der Waals surface area contributed by atoms with Gasteiger partial charge < -0.3 is 14.7 Å². The minimum Gasteiger partial charge on any atom is -0.497 e. The average Bonchev–Trinajstić information content (AvgIpc) is 2.46. The quantitative estimate of drug-likeness (QED) is 0.492. The van der Waals surface area contributed by atoms with Gasteiger partial charge in [-0.25, -0.2) is 0 Å². The summed E-state index contributed by atoms with van der Waals surface area (Å²) >= 11 is 0. The highest BCUT2D eigenvalue weighted by Gasteiger charge is 2.17. The molecule has 0 spiro atoms. The van der Waals surface area contributed by atoms with E-state index in [1.165, 1.54) is 0 Å². The van der Waals surface area contributed by atoms with E-state index in [4.69, 9.17) is 19.9 Å².